The van der Waals surface area contributed by atoms with Crippen molar-refractivity contribution in [3.8, 4) is 17.4 Å². The molecule has 0 atom stereocenters. The third-order valence-electron chi connectivity index (χ3n) is 4.99. The van der Waals surface area contributed by atoms with Crippen LogP contribution >= 0.6 is 0 Å². The molecule has 1 aliphatic rings. The summed E-state index contributed by atoms with van der Waals surface area (Å²) in [6, 6.07) is 17.6. The smallest absolute Gasteiger partial charge is 0.339 e. The number of carboxylic acid groups (broad SMARTS) is 1. The molecule has 0 saturated carbocycles. The van der Waals surface area contributed by atoms with Gasteiger partial charge in [-0.25, -0.2) is 9.59 Å². The van der Waals surface area contributed by atoms with Crippen LogP contribution in [0.3, 0.4) is 0 Å². The molecule has 1 amide bonds. The molecular weight excluding hydrogens is 438 g/mol. The summed E-state index contributed by atoms with van der Waals surface area (Å²) in [5.74, 6) is -1.15. The van der Waals surface area contributed by atoms with Crippen LogP contribution in [0.25, 0.3) is 17.4 Å². The van der Waals surface area contributed by atoms with E-state index in [1.165, 1.54) is 12.1 Å². The molecule has 168 valence electrons. The summed E-state index contributed by atoms with van der Waals surface area (Å²) in [7, 11) is 0. The Balaban J connectivity index is 1.53. The molecule has 3 aromatic rings. The van der Waals surface area contributed by atoms with E-state index in [1.54, 1.807) is 67.6 Å². The fraction of sp³-hybridized carbons (Fsp3) is 0.0800. The zero-order chi connectivity index (χ0) is 24.2. The number of furan rings is 1. The maximum Gasteiger partial charge on any atom is 0.339 e. The van der Waals surface area contributed by atoms with Gasteiger partial charge >= 0.3 is 11.9 Å². The average molecular weight is 455 g/mol. The summed E-state index contributed by atoms with van der Waals surface area (Å²) in [5.41, 5.74) is 2.19. The van der Waals surface area contributed by atoms with E-state index in [0.717, 1.165) is 5.01 Å². The number of aromatic carboxylic acids is 1. The average Bonchev–Trinajstić information content (AvgIpc) is 3.43. The highest BCUT2D eigenvalue weighted by molar-refractivity contribution is 6.32. The third kappa shape index (κ3) is 4.47. The molecule has 0 spiro atoms. The van der Waals surface area contributed by atoms with Gasteiger partial charge in [-0.1, -0.05) is 18.2 Å². The molecule has 0 unspecified atom stereocenters. The summed E-state index contributed by atoms with van der Waals surface area (Å²) >= 11 is 0. The molecule has 34 heavy (non-hydrogen) atoms. The monoisotopic (exact) mass is 455 g/mol. The molecule has 1 aliphatic heterocycles. The highest BCUT2D eigenvalue weighted by atomic mass is 16.5. The first-order valence-electron chi connectivity index (χ1n) is 10.1. The van der Waals surface area contributed by atoms with Crippen molar-refractivity contribution in [1.82, 2.24) is 0 Å². The van der Waals surface area contributed by atoms with Gasteiger partial charge in [0.25, 0.3) is 5.91 Å². The molecule has 2 heterocycles. The first-order valence-corrected chi connectivity index (χ1v) is 10.1. The van der Waals surface area contributed by atoms with Crippen LogP contribution in [0.2, 0.25) is 0 Å². The number of ether oxygens (including phenoxy) is 1. The quantitative estimate of drug-likeness (QED) is 0.436. The molecule has 1 aromatic heterocycles. The lowest BCUT2D eigenvalue weighted by molar-refractivity contribution is -0.114. The first-order chi connectivity index (χ1) is 16.4. The van der Waals surface area contributed by atoms with Crippen LogP contribution in [-0.4, -0.2) is 35.3 Å². The van der Waals surface area contributed by atoms with Crippen LogP contribution in [0.5, 0.6) is 0 Å². The fourth-order valence-corrected chi connectivity index (χ4v) is 3.31. The van der Waals surface area contributed by atoms with Gasteiger partial charge in [-0.15, -0.1) is 0 Å². The van der Waals surface area contributed by atoms with Crippen LogP contribution in [-0.2, 0) is 9.53 Å². The second-order valence-electron chi connectivity index (χ2n) is 7.23. The predicted octanol–water partition coefficient (Wildman–Crippen LogP) is 4.13. The molecule has 0 bridgehead atoms. The number of rotatable bonds is 6. The highest BCUT2D eigenvalue weighted by Gasteiger charge is 2.29. The van der Waals surface area contributed by atoms with E-state index in [-0.39, 0.29) is 12.2 Å². The number of anilines is 1. The number of hydrogen-bond acceptors (Lipinski definition) is 7. The molecule has 0 fully saturated rings. The number of carboxylic acids is 1. The van der Waals surface area contributed by atoms with Crippen LogP contribution in [0.15, 0.2) is 75.8 Å². The van der Waals surface area contributed by atoms with Crippen molar-refractivity contribution in [1.29, 1.82) is 5.26 Å². The molecular formula is C25H17N3O6. The van der Waals surface area contributed by atoms with Gasteiger partial charge in [0.2, 0.25) is 0 Å². The van der Waals surface area contributed by atoms with Crippen molar-refractivity contribution in [3.05, 3.63) is 83.1 Å². The minimum atomic E-state index is -1.10. The number of hydrogen-bond donors (Lipinski definition) is 1. The van der Waals surface area contributed by atoms with Crippen LogP contribution in [0.1, 0.15) is 33.4 Å². The number of carbonyl (C=O) groups is 3. The normalized spacial score (nSPS) is 14.1. The lowest BCUT2D eigenvalue weighted by Gasteiger charge is -2.12. The highest BCUT2D eigenvalue weighted by Crippen LogP contribution is 2.28. The number of nitrogens with zero attached hydrogens (tertiary/aromatic N) is 3. The molecule has 4 rings (SSSR count). The molecule has 0 aliphatic carbocycles. The standard InChI is InChI=1S/C25H17N3O6/c1-15-21(23(29)28(27-15)19-4-2-3-18(13-19)24(30)31)14-20-9-10-22(34-20)16-5-7-17(8-6-16)25(32)33-12-11-26/h2-10,13-14H,12H2,1H3,(H,30,31)/b21-14-. The number of amides is 1. The first kappa shape index (κ1) is 22.2. The SMILES string of the molecule is CC1=NN(c2cccc(C(=O)O)c2)C(=O)/C1=C\c1ccc(-c2ccc(C(=O)OCC#N)cc2)o1. The lowest BCUT2D eigenvalue weighted by atomic mass is 10.1. The Labute approximate surface area is 193 Å². The van der Waals surface area contributed by atoms with Crippen molar-refractivity contribution in [2.24, 2.45) is 5.10 Å². The summed E-state index contributed by atoms with van der Waals surface area (Å²) in [4.78, 5) is 36.0. The minimum Gasteiger partial charge on any atom is -0.478 e. The number of benzene rings is 2. The zero-order valence-corrected chi connectivity index (χ0v) is 17.9. The maximum absolute atomic E-state index is 12.9. The fourth-order valence-electron chi connectivity index (χ4n) is 3.31. The summed E-state index contributed by atoms with van der Waals surface area (Å²) in [6.45, 7) is 1.36. The Hall–Kier alpha value is -4.97. The Morgan fingerprint density at radius 3 is 2.62 bits per heavy atom. The van der Waals surface area contributed by atoms with Gasteiger partial charge in [-0.2, -0.15) is 15.4 Å². The van der Waals surface area contributed by atoms with Crippen molar-refractivity contribution < 1.29 is 28.6 Å². The van der Waals surface area contributed by atoms with Crippen LogP contribution < -0.4 is 5.01 Å². The Morgan fingerprint density at radius 1 is 1.15 bits per heavy atom. The number of hydrazone groups is 1. The molecule has 0 saturated heterocycles. The largest absolute Gasteiger partial charge is 0.478 e. The maximum atomic E-state index is 12.9. The van der Waals surface area contributed by atoms with Gasteiger partial charge in [0, 0.05) is 5.56 Å². The number of carbonyl (C=O) groups excluding carboxylic acids is 2. The predicted molar refractivity (Wildman–Crippen MR) is 122 cm³/mol. The van der Waals surface area contributed by atoms with Crippen molar-refractivity contribution in [2.75, 3.05) is 11.6 Å². The van der Waals surface area contributed by atoms with Gasteiger partial charge in [0.05, 0.1) is 28.1 Å². The van der Waals surface area contributed by atoms with Crippen molar-refractivity contribution in [2.45, 2.75) is 6.92 Å². The van der Waals surface area contributed by atoms with E-state index in [1.807, 2.05) is 0 Å². The Bertz CT molecular complexity index is 1390. The summed E-state index contributed by atoms with van der Waals surface area (Å²) in [5, 5.41) is 23.1. The number of nitriles is 1. The van der Waals surface area contributed by atoms with Crippen LogP contribution in [0.4, 0.5) is 5.69 Å². The van der Waals surface area contributed by atoms with E-state index >= 15 is 0 Å². The zero-order valence-electron chi connectivity index (χ0n) is 17.9. The Morgan fingerprint density at radius 2 is 1.91 bits per heavy atom. The van der Waals surface area contributed by atoms with E-state index in [0.29, 0.717) is 39.6 Å². The van der Waals surface area contributed by atoms with E-state index in [4.69, 9.17) is 14.4 Å². The van der Waals surface area contributed by atoms with Gasteiger partial charge in [0.15, 0.2) is 6.61 Å². The summed E-state index contributed by atoms with van der Waals surface area (Å²) in [6.07, 6.45) is 1.57. The molecule has 9 heteroatoms. The van der Waals surface area contributed by atoms with E-state index in [9.17, 15) is 19.5 Å². The Kier molecular flexibility index (Phi) is 6.05. The third-order valence-corrected chi connectivity index (χ3v) is 4.99. The van der Waals surface area contributed by atoms with Gasteiger partial charge in [-0.05, 0) is 55.5 Å². The topological polar surface area (TPSA) is 133 Å². The van der Waals surface area contributed by atoms with Gasteiger partial charge in [-0.3, -0.25) is 4.79 Å². The molecule has 0 radical (unpaired) electrons. The summed E-state index contributed by atoms with van der Waals surface area (Å²) < 4.78 is 10.6. The van der Waals surface area contributed by atoms with E-state index in [2.05, 4.69) is 5.10 Å². The lowest BCUT2D eigenvalue weighted by Crippen LogP contribution is -2.21. The van der Waals surface area contributed by atoms with Gasteiger partial charge < -0.3 is 14.3 Å². The molecule has 2 aromatic carbocycles. The second kappa shape index (κ2) is 9.26. The second-order valence-corrected chi connectivity index (χ2v) is 7.23. The van der Waals surface area contributed by atoms with Crippen molar-refractivity contribution >= 4 is 35.3 Å². The number of esters is 1. The molecule has 9 nitrogen and oxygen atoms in total. The van der Waals surface area contributed by atoms with E-state index < -0.39 is 17.8 Å². The minimum absolute atomic E-state index is 0.0515. The molecule has 1 N–H and O–H groups in total. The van der Waals surface area contributed by atoms with Crippen molar-refractivity contribution in [3.63, 3.8) is 0 Å². The van der Waals surface area contributed by atoms with Crippen LogP contribution in [0, 0.1) is 11.3 Å². The van der Waals surface area contributed by atoms with Gasteiger partial charge in [0.1, 0.15) is 17.6 Å².